The lowest BCUT2D eigenvalue weighted by Gasteiger charge is -2.27. The smallest absolute Gasteiger partial charge is 0.326 e. The van der Waals surface area contributed by atoms with Gasteiger partial charge in [0.05, 0.1) is 6.04 Å². The number of carbonyl (C=O) groups excluding carboxylic acids is 1. The molecule has 32 heavy (non-hydrogen) atoms. The summed E-state index contributed by atoms with van der Waals surface area (Å²) in [6, 6.07) is 14.3. The van der Waals surface area contributed by atoms with E-state index in [1.54, 1.807) is 6.92 Å². The lowest BCUT2D eigenvalue weighted by atomic mass is 10.0. The number of amides is 1. The summed E-state index contributed by atoms with van der Waals surface area (Å²) in [5.74, 6) is -1.05. The molecule has 1 fully saturated rings. The molecule has 0 saturated carbocycles. The standard InChI is InChI=1S/C24H28N2O6/c1-16(22(27)26-15-5-8-21(26)24(30)31)25-20(23(28)29)14-11-17-9-12-19(13-10-17)32-18-6-3-2-4-7-18/h2-4,6-7,9-10,12-13,16,20-21,25H,5,8,11,14-15H2,1H3,(H,28,29)(H,30,31)/t16-,20?,21-/m0/s1. The zero-order valence-electron chi connectivity index (χ0n) is 17.9. The highest BCUT2D eigenvalue weighted by Crippen LogP contribution is 2.22. The van der Waals surface area contributed by atoms with Crippen LogP contribution in [0.5, 0.6) is 11.5 Å². The number of nitrogens with one attached hydrogen (secondary N) is 1. The van der Waals surface area contributed by atoms with Crippen molar-refractivity contribution in [2.45, 2.75) is 50.7 Å². The maximum absolute atomic E-state index is 12.7. The molecule has 3 atom stereocenters. The van der Waals surface area contributed by atoms with Crippen LogP contribution < -0.4 is 10.1 Å². The summed E-state index contributed by atoms with van der Waals surface area (Å²) in [4.78, 5) is 37.1. The van der Waals surface area contributed by atoms with Gasteiger partial charge in [0.15, 0.2) is 0 Å². The third-order valence-corrected chi connectivity index (χ3v) is 5.56. The van der Waals surface area contributed by atoms with Crippen LogP contribution in [-0.2, 0) is 20.8 Å². The number of para-hydroxylation sites is 1. The van der Waals surface area contributed by atoms with E-state index < -0.39 is 30.1 Å². The molecule has 0 spiro atoms. The predicted octanol–water partition coefficient (Wildman–Crippen LogP) is 2.92. The van der Waals surface area contributed by atoms with Crippen molar-refractivity contribution in [3.63, 3.8) is 0 Å². The van der Waals surface area contributed by atoms with Crippen molar-refractivity contribution in [3.05, 3.63) is 60.2 Å². The van der Waals surface area contributed by atoms with Crippen molar-refractivity contribution in [3.8, 4) is 11.5 Å². The van der Waals surface area contributed by atoms with Crippen LogP contribution in [0.15, 0.2) is 54.6 Å². The van der Waals surface area contributed by atoms with E-state index in [9.17, 15) is 24.6 Å². The average Bonchev–Trinajstić information content (AvgIpc) is 3.28. The molecule has 1 aliphatic heterocycles. The summed E-state index contributed by atoms with van der Waals surface area (Å²) >= 11 is 0. The first kappa shape index (κ1) is 23.3. The highest BCUT2D eigenvalue weighted by Gasteiger charge is 2.36. The number of nitrogens with zero attached hydrogens (tertiary/aromatic N) is 1. The molecular weight excluding hydrogens is 412 g/mol. The number of hydrogen-bond donors (Lipinski definition) is 3. The van der Waals surface area contributed by atoms with Crippen LogP contribution in [0.2, 0.25) is 0 Å². The molecule has 2 aromatic carbocycles. The van der Waals surface area contributed by atoms with Crippen molar-refractivity contribution in [2.24, 2.45) is 0 Å². The van der Waals surface area contributed by atoms with Crippen LogP contribution in [0.4, 0.5) is 0 Å². The van der Waals surface area contributed by atoms with E-state index in [0.717, 1.165) is 11.3 Å². The monoisotopic (exact) mass is 440 g/mol. The quantitative estimate of drug-likeness (QED) is 0.520. The van der Waals surface area contributed by atoms with Gasteiger partial charge < -0.3 is 19.8 Å². The Morgan fingerprint density at radius 2 is 1.72 bits per heavy atom. The Bertz CT molecular complexity index is 931. The van der Waals surface area contributed by atoms with Crippen LogP contribution in [0.1, 0.15) is 31.7 Å². The molecule has 1 heterocycles. The van der Waals surface area contributed by atoms with Crippen molar-refractivity contribution in [1.82, 2.24) is 10.2 Å². The van der Waals surface area contributed by atoms with Crippen LogP contribution in [0, 0.1) is 0 Å². The molecular formula is C24H28N2O6. The number of likely N-dealkylation sites (tertiary alicyclic amines) is 1. The first-order valence-corrected chi connectivity index (χ1v) is 10.7. The molecule has 0 bridgehead atoms. The van der Waals surface area contributed by atoms with E-state index in [4.69, 9.17) is 4.74 Å². The summed E-state index contributed by atoms with van der Waals surface area (Å²) < 4.78 is 5.76. The van der Waals surface area contributed by atoms with Gasteiger partial charge >= 0.3 is 11.9 Å². The second-order valence-corrected chi connectivity index (χ2v) is 7.90. The number of aryl methyl sites for hydroxylation is 1. The highest BCUT2D eigenvalue weighted by atomic mass is 16.5. The first-order valence-electron chi connectivity index (χ1n) is 10.7. The number of aliphatic carboxylic acids is 2. The third-order valence-electron chi connectivity index (χ3n) is 5.56. The molecule has 0 radical (unpaired) electrons. The van der Waals surface area contributed by atoms with Gasteiger partial charge in [-0.3, -0.25) is 14.9 Å². The van der Waals surface area contributed by atoms with Gasteiger partial charge in [-0.15, -0.1) is 0 Å². The molecule has 170 valence electrons. The van der Waals surface area contributed by atoms with Crippen molar-refractivity contribution < 1.29 is 29.3 Å². The highest BCUT2D eigenvalue weighted by molar-refractivity contribution is 5.88. The van der Waals surface area contributed by atoms with E-state index in [2.05, 4.69) is 5.32 Å². The van der Waals surface area contributed by atoms with Gasteiger partial charge in [0.1, 0.15) is 23.6 Å². The van der Waals surface area contributed by atoms with Gasteiger partial charge in [-0.25, -0.2) is 4.79 Å². The Hall–Kier alpha value is -3.39. The van der Waals surface area contributed by atoms with Crippen LogP contribution in [0.25, 0.3) is 0 Å². The maximum atomic E-state index is 12.7. The van der Waals surface area contributed by atoms with Gasteiger partial charge in [-0.05, 0) is 62.4 Å². The fourth-order valence-corrected chi connectivity index (χ4v) is 3.85. The van der Waals surface area contributed by atoms with Gasteiger partial charge in [-0.2, -0.15) is 0 Å². The summed E-state index contributed by atoms with van der Waals surface area (Å²) in [5, 5.41) is 21.7. The molecule has 1 unspecified atom stereocenters. The van der Waals surface area contributed by atoms with E-state index in [0.29, 0.717) is 31.6 Å². The molecule has 8 nitrogen and oxygen atoms in total. The summed E-state index contributed by atoms with van der Waals surface area (Å²) in [7, 11) is 0. The summed E-state index contributed by atoms with van der Waals surface area (Å²) in [6.07, 6.45) is 1.83. The maximum Gasteiger partial charge on any atom is 0.326 e. The molecule has 2 aromatic rings. The Balaban J connectivity index is 1.54. The van der Waals surface area contributed by atoms with Crippen LogP contribution >= 0.6 is 0 Å². The number of carboxylic acids is 2. The Morgan fingerprint density at radius 1 is 1.06 bits per heavy atom. The minimum absolute atomic E-state index is 0.286. The fraction of sp³-hybridized carbons (Fsp3) is 0.375. The first-order chi connectivity index (χ1) is 15.3. The zero-order valence-corrected chi connectivity index (χ0v) is 17.9. The molecule has 1 saturated heterocycles. The molecule has 8 heteroatoms. The largest absolute Gasteiger partial charge is 0.480 e. The summed E-state index contributed by atoms with van der Waals surface area (Å²) in [5.41, 5.74) is 0.947. The SMILES string of the molecule is C[C@H](NC(CCc1ccc(Oc2ccccc2)cc1)C(=O)O)C(=O)N1CCC[C@H]1C(=O)O. The molecule has 1 amide bonds. The Labute approximate surface area is 186 Å². The second kappa shape index (κ2) is 10.8. The molecule has 3 rings (SSSR count). The van der Waals surface area contributed by atoms with Gasteiger partial charge in [0.2, 0.25) is 5.91 Å². The van der Waals surface area contributed by atoms with Crippen molar-refractivity contribution in [2.75, 3.05) is 6.54 Å². The minimum Gasteiger partial charge on any atom is -0.480 e. The minimum atomic E-state index is -1.05. The molecule has 0 aromatic heterocycles. The van der Waals surface area contributed by atoms with Crippen molar-refractivity contribution in [1.29, 1.82) is 0 Å². The number of benzene rings is 2. The normalized spacial score (nSPS) is 17.5. The van der Waals surface area contributed by atoms with E-state index in [1.165, 1.54) is 4.90 Å². The molecule has 0 aliphatic carbocycles. The van der Waals surface area contributed by atoms with Gasteiger partial charge in [0, 0.05) is 6.54 Å². The second-order valence-electron chi connectivity index (χ2n) is 7.90. The number of rotatable bonds is 10. The van der Waals surface area contributed by atoms with Gasteiger partial charge in [-0.1, -0.05) is 30.3 Å². The number of carbonyl (C=O) groups is 3. The molecule has 1 aliphatic rings. The lowest BCUT2D eigenvalue weighted by molar-refractivity contribution is -0.149. The number of ether oxygens (including phenoxy) is 1. The zero-order chi connectivity index (χ0) is 23.1. The van der Waals surface area contributed by atoms with Crippen LogP contribution in [0.3, 0.4) is 0 Å². The van der Waals surface area contributed by atoms with Crippen molar-refractivity contribution >= 4 is 17.8 Å². The van der Waals surface area contributed by atoms with E-state index in [-0.39, 0.29) is 12.3 Å². The van der Waals surface area contributed by atoms with Crippen LogP contribution in [-0.4, -0.2) is 57.6 Å². The fourth-order valence-electron chi connectivity index (χ4n) is 3.85. The van der Waals surface area contributed by atoms with E-state index in [1.807, 2.05) is 54.6 Å². The van der Waals surface area contributed by atoms with E-state index >= 15 is 0 Å². The predicted molar refractivity (Wildman–Crippen MR) is 118 cm³/mol. The third kappa shape index (κ3) is 6.07. The average molecular weight is 440 g/mol. The summed E-state index contributed by atoms with van der Waals surface area (Å²) in [6.45, 7) is 1.95. The molecule has 3 N–H and O–H groups in total. The number of carboxylic acid groups (broad SMARTS) is 2. The van der Waals surface area contributed by atoms with Gasteiger partial charge in [0.25, 0.3) is 0 Å². The topological polar surface area (TPSA) is 116 Å². The lowest BCUT2D eigenvalue weighted by Crippen LogP contribution is -2.53. The Morgan fingerprint density at radius 3 is 2.34 bits per heavy atom. The number of hydrogen-bond acceptors (Lipinski definition) is 5. The Kier molecular flexibility index (Phi) is 7.83.